The molecular weight excluding hydrogens is 366 g/mol. The van der Waals surface area contributed by atoms with Crippen molar-refractivity contribution >= 4 is 31.6 Å². The van der Waals surface area contributed by atoms with Crippen molar-refractivity contribution < 1.29 is 13.2 Å². The SMILES string of the molecule is CCOc1cc(S(=O)(=O)Nc2ccccc2CC)ccc1Br. The Morgan fingerprint density at radius 2 is 1.86 bits per heavy atom. The van der Waals surface area contributed by atoms with Crippen LogP contribution in [0, 0.1) is 0 Å². The highest BCUT2D eigenvalue weighted by Crippen LogP contribution is 2.29. The van der Waals surface area contributed by atoms with Gasteiger partial charge >= 0.3 is 0 Å². The summed E-state index contributed by atoms with van der Waals surface area (Å²) in [6.45, 7) is 4.30. The maximum Gasteiger partial charge on any atom is 0.262 e. The van der Waals surface area contributed by atoms with Gasteiger partial charge in [-0.2, -0.15) is 0 Å². The molecule has 0 heterocycles. The Labute approximate surface area is 139 Å². The molecule has 0 unspecified atom stereocenters. The predicted octanol–water partition coefficient (Wildman–Crippen LogP) is 4.21. The van der Waals surface area contributed by atoms with Gasteiger partial charge < -0.3 is 4.74 Å². The molecule has 0 fully saturated rings. The number of nitrogens with one attached hydrogen (secondary N) is 1. The Kier molecular flexibility index (Phi) is 5.47. The van der Waals surface area contributed by atoms with Crippen LogP contribution in [0.1, 0.15) is 19.4 Å². The molecule has 0 spiro atoms. The topological polar surface area (TPSA) is 55.4 Å². The van der Waals surface area contributed by atoms with Crippen LogP contribution in [0.15, 0.2) is 51.8 Å². The van der Waals surface area contributed by atoms with Crippen molar-refractivity contribution in [3.63, 3.8) is 0 Å². The zero-order chi connectivity index (χ0) is 16.2. The second kappa shape index (κ2) is 7.15. The van der Waals surface area contributed by atoms with E-state index in [1.807, 2.05) is 32.0 Å². The first-order chi connectivity index (χ1) is 10.5. The van der Waals surface area contributed by atoms with Gasteiger partial charge in [-0.05, 0) is 53.0 Å². The number of para-hydroxylation sites is 1. The third-order valence-electron chi connectivity index (χ3n) is 3.16. The molecule has 2 aromatic rings. The van der Waals surface area contributed by atoms with E-state index in [9.17, 15) is 8.42 Å². The summed E-state index contributed by atoms with van der Waals surface area (Å²) < 4.78 is 33.9. The number of anilines is 1. The highest BCUT2D eigenvalue weighted by atomic mass is 79.9. The van der Waals surface area contributed by atoms with E-state index in [0.29, 0.717) is 18.0 Å². The summed E-state index contributed by atoms with van der Waals surface area (Å²) in [6, 6.07) is 12.1. The predicted molar refractivity (Wildman–Crippen MR) is 91.9 cm³/mol. The quantitative estimate of drug-likeness (QED) is 0.812. The van der Waals surface area contributed by atoms with Crippen molar-refractivity contribution in [1.82, 2.24) is 0 Å². The molecule has 2 aromatic carbocycles. The Morgan fingerprint density at radius 3 is 2.55 bits per heavy atom. The van der Waals surface area contributed by atoms with Gasteiger partial charge in [0.05, 0.1) is 21.7 Å². The lowest BCUT2D eigenvalue weighted by molar-refractivity contribution is 0.337. The second-order valence-corrected chi connectivity index (χ2v) is 7.18. The van der Waals surface area contributed by atoms with Crippen LogP contribution < -0.4 is 9.46 Å². The van der Waals surface area contributed by atoms with Crippen molar-refractivity contribution in [2.24, 2.45) is 0 Å². The molecule has 0 aromatic heterocycles. The molecule has 2 rings (SSSR count). The summed E-state index contributed by atoms with van der Waals surface area (Å²) in [4.78, 5) is 0.171. The molecule has 0 radical (unpaired) electrons. The van der Waals surface area contributed by atoms with Gasteiger partial charge in [-0.15, -0.1) is 0 Å². The number of hydrogen-bond donors (Lipinski definition) is 1. The Bertz CT molecular complexity index is 760. The molecular formula is C16H18BrNO3S. The maximum absolute atomic E-state index is 12.6. The molecule has 118 valence electrons. The minimum Gasteiger partial charge on any atom is -0.493 e. The van der Waals surface area contributed by atoms with Crippen LogP contribution in [-0.4, -0.2) is 15.0 Å². The Morgan fingerprint density at radius 1 is 1.14 bits per heavy atom. The van der Waals surface area contributed by atoms with E-state index in [1.165, 1.54) is 6.07 Å². The summed E-state index contributed by atoms with van der Waals surface area (Å²) in [7, 11) is -3.65. The number of aryl methyl sites for hydroxylation is 1. The van der Waals surface area contributed by atoms with Crippen molar-refractivity contribution in [2.75, 3.05) is 11.3 Å². The van der Waals surface area contributed by atoms with Gasteiger partial charge in [0, 0.05) is 6.07 Å². The highest BCUT2D eigenvalue weighted by Gasteiger charge is 2.17. The van der Waals surface area contributed by atoms with E-state index in [2.05, 4.69) is 20.7 Å². The first kappa shape index (κ1) is 16.8. The minimum absolute atomic E-state index is 0.171. The summed E-state index contributed by atoms with van der Waals surface area (Å²) >= 11 is 3.35. The Balaban J connectivity index is 2.36. The summed E-state index contributed by atoms with van der Waals surface area (Å²) in [6.07, 6.45) is 0.753. The highest BCUT2D eigenvalue weighted by molar-refractivity contribution is 9.10. The first-order valence-electron chi connectivity index (χ1n) is 7.01. The van der Waals surface area contributed by atoms with E-state index >= 15 is 0 Å². The average molecular weight is 384 g/mol. The summed E-state index contributed by atoms with van der Waals surface area (Å²) in [5, 5.41) is 0. The monoisotopic (exact) mass is 383 g/mol. The van der Waals surface area contributed by atoms with Crippen molar-refractivity contribution in [1.29, 1.82) is 0 Å². The number of sulfonamides is 1. The molecule has 4 nitrogen and oxygen atoms in total. The third-order valence-corrected chi connectivity index (χ3v) is 5.17. The number of ether oxygens (including phenoxy) is 1. The smallest absolute Gasteiger partial charge is 0.262 e. The van der Waals surface area contributed by atoms with Gasteiger partial charge in [-0.1, -0.05) is 25.1 Å². The zero-order valence-electron chi connectivity index (χ0n) is 12.5. The molecule has 0 aliphatic rings. The lowest BCUT2D eigenvalue weighted by Gasteiger charge is -2.13. The van der Waals surface area contributed by atoms with Gasteiger partial charge in [0.1, 0.15) is 5.75 Å². The van der Waals surface area contributed by atoms with Crippen LogP contribution in [-0.2, 0) is 16.4 Å². The standard InChI is InChI=1S/C16H18BrNO3S/c1-3-12-7-5-6-8-15(12)18-22(19,20)13-9-10-14(17)16(11-13)21-4-2/h5-11,18H,3-4H2,1-2H3. The van der Waals surface area contributed by atoms with E-state index in [1.54, 1.807) is 18.2 Å². The molecule has 0 aliphatic heterocycles. The fraction of sp³-hybridized carbons (Fsp3) is 0.250. The van der Waals surface area contributed by atoms with E-state index in [4.69, 9.17) is 4.74 Å². The van der Waals surface area contributed by atoms with Crippen molar-refractivity contribution in [2.45, 2.75) is 25.2 Å². The summed E-state index contributed by atoms with van der Waals surface area (Å²) in [5.41, 5.74) is 1.55. The minimum atomic E-state index is -3.65. The maximum atomic E-state index is 12.6. The Hall–Kier alpha value is -1.53. The largest absolute Gasteiger partial charge is 0.493 e. The van der Waals surface area contributed by atoms with E-state index < -0.39 is 10.0 Å². The van der Waals surface area contributed by atoms with Gasteiger partial charge in [-0.25, -0.2) is 8.42 Å². The molecule has 0 atom stereocenters. The van der Waals surface area contributed by atoms with Crippen molar-refractivity contribution in [3.8, 4) is 5.75 Å². The molecule has 0 aliphatic carbocycles. The molecule has 0 saturated heterocycles. The van der Waals surface area contributed by atoms with E-state index in [0.717, 1.165) is 16.5 Å². The van der Waals surface area contributed by atoms with Crippen LogP contribution in [0.5, 0.6) is 5.75 Å². The van der Waals surface area contributed by atoms with Gasteiger partial charge in [0.15, 0.2) is 0 Å². The zero-order valence-corrected chi connectivity index (χ0v) is 14.9. The van der Waals surface area contributed by atoms with E-state index in [-0.39, 0.29) is 4.90 Å². The first-order valence-corrected chi connectivity index (χ1v) is 9.28. The summed E-state index contributed by atoms with van der Waals surface area (Å²) in [5.74, 6) is 0.508. The normalized spacial score (nSPS) is 11.2. The van der Waals surface area contributed by atoms with Gasteiger partial charge in [0.25, 0.3) is 10.0 Å². The third kappa shape index (κ3) is 3.81. The molecule has 1 N–H and O–H groups in total. The number of benzene rings is 2. The molecule has 0 bridgehead atoms. The van der Waals surface area contributed by atoms with Crippen LogP contribution >= 0.6 is 15.9 Å². The lowest BCUT2D eigenvalue weighted by atomic mass is 10.1. The molecule has 6 heteroatoms. The fourth-order valence-corrected chi connectivity index (χ4v) is 3.53. The van der Waals surface area contributed by atoms with Crippen LogP contribution in [0.25, 0.3) is 0 Å². The average Bonchev–Trinajstić information content (AvgIpc) is 2.49. The number of hydrogen-bond acceptors (Lipinski definition) is 3. The number of halogens is 1. The lowest BCUT2D eigenvalue weighted by Crippen LogP contribution is -2.14. The fourth-order valence-electron chi connectivity index (χ4n) is 2.05. The van der Waals surface area contributed by atoms with Gasteiger partial charge in [0.2, 0.25) is 0 Å². The molecule has 0 amide bonds. The van der Waals surface area contributed by atoms with Crippen LogP contribution in [0.3, 0.4) is 0 Å². The molecule has 0 saturated carbocycles. The van der Waals surface area contributed by atoms with Crippen LogP contribution in [0.2, 0.25) is 0 Å². The number of rotatable bonds is 6. The van der Waals surface area contributed by atoms with Crippen LogP contribution in [0.4, 0.5) is 5.69 Å². The van der Waals surface area contributed by atoms with Gasteiger partial charge in [-0.3, -0.25) is 4.72 Å². The molecule has 22 heavy (non-hydrogen) atoms. The second-order valence-electron chi connectivity index (χ2n) is 4.64. The van der Waals surface area contributed by atoms with Crippen molar-refractivity contribution in [3.05, 3.63) is 52.5 Å².